The second-order valence-electron chi connectivity index (χ2n) is 6.17. The Morgan fingerprint density at radius 1 is 1.24 bits per heavy atom. The fraction of sp³-hybridized carbons (Fsp3) is 0.529. The zero-order valence-electron chi connectivity index (χ0n) is 12.7. The largest absolute Gasteiger partial charge is 0.478 e. The van der Waals surface area contributed by atoms with E-state index >= 15 is 0 Å². The van der Waals surface area contributed by atoms with Gasteiger partial charge in [0.25, 0.3) is 0 Å². The van der Waals surface area contributed by atoms with Crippen molar-refractivity contribution in [2.45, 2.75) is 45.6 Å². The Labute approximate surface area is 125 Å². The lowest BCUT2D eigenvalue weighted by molar-refractivity contribution is -0.132. The molecule has 0 aliphatic heterocycles. The van der Waals surface area contributed by atoms with Crippen LogP contribution < -0.4 is 0 Å². The highest BCUT2D eigenvalue weighted by molar-refractivity contribution is 5.87. The fourth-order valence-electron chi connectivity index (χ4n) is 2.44. The van der Waals surface area contributed by atoms with E-state index in [-0.39, 0.29) is 11.5 Å². The minimum atomic E-state index is -0.922. The Hall–Kier alpha value is -1.84. The third kappa shape index (κ3) is 4.59. The molecule has 2 rings (SSSR count). The Morgan fingerprint density at radius 3 is 2.33 bits per heavy atom. The standard InChI is InChI=1S/C17H23NO3/c1-12(2)11-18(15-8-9-15)16(19)10-5-13-3-6-14(7-4-13)17(20)21/h3-4,6-7,12,15H,5,8-11H2,1-2H3,(H,20,21). The number of hydrogen-bond acceptors (Lipinski definition) is 2. The second-order valence-corrected chi connectivity index (χ2v) is 6.17. The lowest BCUT2D eigenvalue weighted by Crippen LogP contribution is -2.36. The predicted octanol–water partition coefficient (Wildman–Crippen LogP) is 2.96. The molecule has 0 atom stereocenters. The maximum Gasteiger partial charge on any atom is 0.335 e. The summed E-state index contributed by atoms with van der Waals surface area (Å²) in [4.78, 5) is 25.2. The lowest BCUT2D eigenvalue weighted by Gasteiger charge is -2.24. The van der Waals surface area contributed by atoms with Crippen LogP contribution in [0.15, 0.2) is 24.3 Å². The molecule has 1 N–H and O–H groups in total. The van der Waals surface area contributed by atoms with E-state index in [1.807, 2.05) is 4.90 Å². The topological polar surface area (TPSA) is 57.6 Å². The first kappa shape index (κ1) is 15.5. The maximum atomic E-state index is 12.3. The van der Waals surface area contributed by atoms with Crippen LogP contribution in [-0.2, 0) is 11.2 Å². The van der Waals surface area contributed by atoms with Crippen molar-refractivity contribution >= 4 is 11.9 Å². The van der Waals surface area contributed by atoms with Crippen LogP contribution in [-0.4, -0.2) is 34.5 Å². The van der Waals surface area contributed by atoms with Crippen molar-refractivity contribution in [2.75, 3.05) is 6.54 Å². The van der Waals surface area contributed by atoms with E-state index < -0.39 is 5.97 Å². The summed E-state index contributed by atoms with van der Waals surface area (Å²) >= 11 is 0. The number of nitrogens with zero attached hydrogens (tertiary/aromatic N) is 1. The molecule has 1 fully saturated rings. The molecule has 1 aromatic rings. The zero-order chi connectivity index (χ0) is 15.4. The number of benzene rings is 1. The van der Waals surface area contributed by atoms with Gasteiger partial charge in [0.1, 0.15) is 0 Å². The van der Waals surface area contributed by atoms with Crippen LogP contribution in [0.1, 0.15) is 49.0 Å². The average molecular weight is 289 g/mol. The van der Waals surface area contributed by atoms with Crippen molar-refractivity contribution < 1.29 is 14.7 Å². The number of carbonyl (C=O) groups excluding carboxylic acids is 1. The number of amides is 1. The monoisotopic (exact) mass is 289 g/mol. The van der Waals surface area contributed by atoms with Gasteiger partial charge in [-0.3, -0.25) is 4.79 Å². The molecule has 114 valence electrons. The van der Waals surface area contributed by atoms with Gasteiger partial charge in [-0.15, -0.1) is 0 Å². The Kier molecular flexibility index (Phi) is 4.99. The van der Waals surface area contributed by atoms with Crippen LogP contribution in [0.25, 0.3) is 0 Å². The molecule has 0 unspecified atom stereocenters. The predicted molar refractivity (Wildman–Crippen MR) is 81.3 cm³/mol. The highest BCUT2D eigenvalue weighted by atomic mass is 16.4. The van der Waals surface area contributed by atoms with Gasteiger partial charge in [-0.2, -0.15) is 0 Å². The highest BCUT2D eigenvalue weighted by Gasteiger charge is 2.32. The van der Waals surface area contributed by atoms with Crippen molar-refractivity contribution in [3.63, 3.8) is 0 Å². The smallest absolute Gasteiger partial charge is 0.335 e. The van der Waals surface area contributed by atoms with Gasteiger partial charge >= 0.3 is 5.97 Å². The third-order valence-corrected chi connectivity index (χ3v) is 3.70. The molecule has 21 heavy (non-hydrogen) atoms. The summed E-state index contributed by atoms with van der Waals surface area (Å²) in [7, 11) is 0. The van der Waals surface area contributed by atoms with Crippen LogP contribution >= 0.6 is 0 Å². The van der Waals surface area contributed by atoms with Crippen molar-refractivity contribution in [3.8, 4) is 0 Å². The van der Waals surface area contributed by atoms with Gasteiger partial charge in [-0.25, -0.2) is 4.79 Å². The Balaban J connectivity index is 1.88. The maximum absolute atomic E-state index is 12.3. The zero-order valence-corrected chi connectivity index (χ0v) is 12.7. The molecule has 1 aliphatic carbocycles. The number of carboxylic acids is 1. The Morgan fingerprint density at radius 2 is 1.86 bits per heavy atom. The highest BCUT2D eigenvalue weighted by Crippen LogP contribution is 2.28. The summed E-state index contributed by atoms with van der Waals surface area (Å²) in [5.74, 6) is -0.215. The molecule has 1 aliphatic rings. The van der Waals surface area contributed by atoms with Crippen LogP contribution in [0.5, 0.6) is 0 Å². The summed E-state index contributed by atoms with van der Waals surface area (Å²) in [5.41, 5.74) is 1.29. The number of aromatic carboxylic acids is 1. The quantitative estimate of drug-likeness (QED) is 0.839. The number of aryl methyl sites for hydroxylation is 1. The molecular weight excluding hydrogens is 266 g/mol. The minimum absolute atomic E-state index is 0.216. The second kappa shape index (κ2) is 6.74. The van der Waals surface area contributed by atoms with E-state index in [0.29, 0.717) is 24.8 Å². The van der Waals surface area contributed by atoms with Gasteiger partial charge < -0.3 is 10.0 Å². The van der Waals surface area contributed by atoms with Crippen LogP contribution in [0, 0.1) is 5.92 Å². The number of rotatable bonds is 7. The molecule has 4 nitrogen and oxygen atoms in total. The normalized spacial score (nSPS) is 14.2. The van der Waals surface area contributed by atoms with Gasteiger partial charge in [0, 0.05) is 19.0 Å². The number of carboxylic acid groups (broad SMARTS) is 1. The summed E-state index contributed by atoms with van der Waals surface area (Å²) < 4.78 is 0. The van der Waals surface area contributed by atoms with Crippen molar-refractivity contribution in [2.24, 2.45) is 5.92 Å². The van der Waals surface area contributed by atoms with Crippen LogP contribution in [0.2, 0.25) is 0 Å². The first-order valence-electron chi connectivity index (χ1n) is 7.59. The molecule has 4 heteroatoms. The third-order valence-electron chi connectivity index (χ3n) is 3.70. The molecule has 0 radical (unpaired) electrons. The Bertz CT molecular complexity index is 503. The molecule has 0 saturated heterocycles. The molecule has 1 aromatic carbocycles. The molecule has 0 spiro atoms. The van der Waals surface area contributed by atoms with E-state index in [2.05, 4.69) is 13.8 Å². The molecule has 1 amide bonds. The average Bonchev–Trinajstić information content (AvgIpc) is 3.27. The summed E-state index contributed by atoms with van der Waals surface area (Å²) in [6.07, 6.45) is 3.42. The summed E-state index contributed by atoms with van der Waals surface area (Å²) in [6.45, 7) is 5.10. The van der Waals surface area contributed by atoms with Gasteiger partial charge in [0.2, 0.25) is 5.91 Å². The summed E-state index contributed by atoms with van der Waals surface area (Å²) in [6, 6.07) is 7.22. The molecule has 1 saturated carbocycles. The van der Waals surface area contributed by atoms with Gasteiger partial charge in [0.05, 0.1) is 5.56 Å². The first-order valence-corrected chi connectivity index (χ1v) is 7.59. The fourth-order valence-corrected chi connectivity index (χ4v) is 2.44. The van der Waals surface area contributed by atoms with Crippen molar-refractivity contribution in [1.82, 2.24) is 4.90 Å². The number of carbonyl (C=O) groups is 2. The lowest BCUT2D eigenvalue weighted by atomic mass is 10.1. The molecule has 0 bridgehead atoms. The first-order chi connectivity index (χ1) is 9.97. The minimum Gasteiger partial charge on any atom is -0.478 e. The van der Waals surface area contributed by atoms with Gasteiger partial charge in [0.15, 0.2) is 0 Å². The van der Waals surface area contributed by atoms with E-state index in [4.69, 9.17) is 5.11 Å². The number of hydrogen-bond donors (Lipinski definition) is 1. The van der Waals surface area contributed by atoms with Crippen LogP contribution in [0.4, 0.5) is 0 Å². The van der Waals surface area contributed by atoms with E-state index in [9.17, 15) is 9.59 Å². The molecule has 0 heterocycles. The summed E-state index contributed by atoms with van der Waals surface area (Å²) in [5, 5.41) is 8.86. The molecular formula is C17H23NO3. The molecule has 0 aromatic heterocycles. The van der Waals surface area contributed by atoms with Crippen LogP contribution in [0.3, 0.4) is 0 Å². The SMILES string of the molecule is CC(C)CN(C(=O)CCc1ccc(C(=O)O)cc1)C1CC1. The van der Waals surface area contributed by atoms with Gasteiger partial charge in [-0.1, -0.05) is 26.0 Å². The van der Waals surface area contributed by atoms with E-state index in [1.165, 1.54) is 0 Å². The van der Waals surface area contributed by atoms with Crippen molar-refractivity contribution in [3.05, 3.63) is 35.4 Å². The van der Waals surface area contributed by atoms with Crippen molar-refractivity contribution in [1.29, 1.82) is 0 Å². The van der Waals surface area contributed by atoms with E-state index in [1.54, 1.807) is 24.3 Å². The van der Waals surface area contributed by atoms with E-state index in [0.717, 1.165) is 24.9 Å². The van der Waals surface area contributed by atoms with Gasteiger partial charge in [-0.05, 0) is 42.9 Å².